The SMILES string of the molecule is O=C(Nc1cccc(Cn2ccnc2)c1)n1ccnc1. The van der Waals surface area contributed by atoms with Crippen LogP contribution in [0.15, 0.2) is 61.7 Å². The molecule has 6 nitrogen and oxygen atoms in total. The van der Waals surface area contributed by atoms with Gasteiger partial charge in [-0.1, -0.05) is 12.1 Å². The van der Waals surface area contributed by atoms with Gasteiger partial charge in [0.15, 0.2) is 0 Å². The highest BCUT2D eigenvalue weighted by atomic mass is 16.2. The van der Waals surface area contributed by atoms with Crippen LogP contribution in [0.3, 0.4) is 0 Å². The summed E-state index contributed by atoms with van der Waals surface area (Å²) in [4.78, 5) is 19.8. The van der Waals surface area contributed by atoms with Crippen molar-refractivity contribution in [1.82, 2.24) is 19.1 Å². The topological polar surface area (TPSA) is 64.7 Å². The molecule has 0 fully saturated rings. The van der Waals surface area contributed by atoms with Gasteiger partial charge in [0, 0.05) is 37.0 Å². The molecule has 0 radical (unpaired) electrons. The largest absolute Gasteiger partial charge is 0.333 e. The van der Waals surface area contributed by atoms with Gasteiger partial charge in [-0.15, -0.1) is 0 Å². The number of benzene rings is 1. The minimum atomic E-state index is -0.234. The molecule has 0 aliphatic rings. The van der Waals surface area contributed by atoms with Crippen molar-refractivity contribution in [2.24, 2.45) is 0 Å². The van der Waals surface area contributed by atoms with Gasteiger partial charge in [-0.05, 0) is 17.7 Å². The maximum Gasteiger partial charge on any atom is 0.331 e. The van der Waals surface area contributed by atoms with Crippen LogP contribution in [0, 0.1) is 0 Å². The minimum absolute atomic E-state index is 0.234. The summed E-state index contributed by atoms with van der Waals surface area (Å²) in [6, 6.07) is 7.48. The van der Waals surface area contributed by atoms with E-state index in [4.69, 9.17) is 0 Å². The predicted molar refractivity (Wildman–Crippen MR) is 74.4 cm³/mol. The van der Waals surface area contributed by atoms with Crippen LogP contribution in [-0.4, -0.2) is 25.1 Å². The third-order valence-corrected chi connectivity index (χ3v) is 2.84. The van der Waals surface area contributed by atoms with Gasteiger partial charge in [0.2, 0.25) is 0 Å². The van der Waals surface area contributed by atoms with E-state index in [1.165, 1.54) is 10.9 Å². The average Bonchev–Trinajstić information content (AvgIpc) is 3.12. The van der Waals surface area contributed by atoms with Crippen molar-refractivity contribution in [3.63, 3.8) is 0 Å². The van der Waals surface area contributed by atoms with E-state index in [1.807, 2.05) is 35.0 Å². The number of carbonyl (C=O) groups is 1. The molecule has 0 aliphatic carbocycles. The first-order valence-corrected chi connectivity index (χ1v) is 6.15. The molecule has 3 aromatic rings. The molecule has 0 saturated heterocycles. The highest BCUT2D eigenvalue weighted by Gasteiger charge is 2.04. The molecule has 2 heterocycles. The number of anilines is 1. The van der Waals surface area contributed by atoms with Crippen LogP contribution in [0.2, 0.25) is 0 Å². The van der Waals surface area contributed by atoms with Crippen LogP contribution < -0.4 is 5.32 Å². The van der Waals surface area contributed by atoms with E-state index in [1.54, 1.807) is 24.9 Å². The predicted octanol–water partition coefficient (Wildman–Crippen LogP) is 2.21. The normalized spacial score (nSPS) is 10.4. The van der Waals surface area contributed by atoms with Gasteiger partial charge in [-0.25, -0.2) is 14.8 Å². The molecule has 20 heavy (non-hydrogen) atoms. The Labute approximate surface area is 115 Å². The molecule has 1 amide bonds. The molecule has 0 atom stereocenters. The Morgan fingerprint density at radius 2 is 2.00 bits per heavy atom. The van der Waals surface area contributed by atoms with Crippen LogP contribution in [0.1, 0.15) is 5.56 Å². The van der Waals surface area contributed by atoms with Gasteiger partial charge in [0.1, 0.15) is 6.33 Å². The average molecular weight is 267 g/mol. The number of aromatic nitrogens is 4. The maximum atomic E-state index is 11.9. The second kappa shape index (κ2) is 5.40. The van der Waals surface area contributed by atoms with Crippen molar-refractivity contribution >= 4 is 11.7 Å². The number of hydrogen-bond acceptors (Lipinski definition) is 3. The molecule has 0 aliphatic heterocycles. The summed E-state index contributed by atoms with van der Waals surface area (Å²) in [7, 11) is 0. The first kappa shape index (κ1) is 12.2. The van der Waals surface area contributed by atoms with Gasteiger partial charge in [-0.3, -0.25) is 4.57 Å². The number of rotatable bonds is 3. The van der Waals surface area contributed by atoms with Crippen molar-refractivity contribution < 1.29 is 4.79 Å². The standard InChI is InChI=1S/C14H13N5O/c20-14(19-7-5-16-11-19)17-13-3-1-2-12(8-13)9-18-6-4-15-10-18/h1-8,10-11H,9H2,(H,17,20). The van der Waals surface area contributed by atoms with Crippen LogP contribution in [0.5, 0.6) is 0 Å². The van der Waals surface area contributed by atoms with Gasteiger partial charge in [-0.2, -0.15) is 0 Å². The molecule has 2 aromatic heterocycles. The number of imidazole rings is 2. The lowest BCUT2D eigenvalue weighted by Gasteiger charge is -2.08. The first-order chi connectivity index (χ1) is 9.81. The molecule has 0 saturated carbocycles. The fraction of sp³-hybridized carbons (Fsp3) is 0.0714. The molecule has 100 valence electrons. The Bertz CT molecular complexity index is 688. The van der Waals surface area contributed by atoms with Crippen molar-refractivity contribution in [2.45, 2.75) is 6.54 Å². The minimum Gasteiger partial charge on any atom is -0.333 e. The summed E-state index contributed by atoms with van der Waals surface area (Å²) < 4.78 is 3.36. The van der Waals surface area contributed by atoms with Crippen molar-refractivity contribution in [3.05, 3.63) is 67.3 Å². The smallest absolute Gasteiger partial charge is 0.331 e. The second-order valence-electron chi connectivity index (χ2n) is 4.34. The maximum absolute atomic E-state index is 11.9. The van der Waals surface area contributed by atoms with Crippen LogP contribution in [-0.2, 0) is 6.54 Å². The third kappa shape index (κ3) is 2.74. The van der Waals surface area contributed by atoms with E-state index in [0.717, 1.165) is 17.8 Å². The van der Waals surface area contributed by atoms with E-state index in [0.29, 0.717) is 0 Å². The summed E-state index contributed by atoms with van der Waals surface area (Å²) in [6.07, 6.45) is 10.0. The lowest BCUT2D eigenvalue weighted by atomic mass is 10.2. The van der Waals surface area contributed by atoms with Crippen molar-refractivity contribution in [3.8, 4) is 0 Å². The van der Waals surface area contributed by atoms with E-state index < -0.39 is 0 Å². The molecule has 3 rings (SSSR count). The molecule has 1 aromatic carbocycles. The van der Waals surface area contributed by atoms with E-state index in [2.05, 4.69) is 15.3 Å². The molecule has 0 bridgehead atoms. The summed E-state index contributed by atoms with van der Waals surface area (Å²) in [6.45, 7) is 0.717. The molecule has 1 N–H and O–H groups in total. The lowest BCUT2D eigenvalue weighted by molar-refractivity contribution is 0.253. The molecule has 0 unspecified atom stereocenters. The van der Waals surface area contributed by atoms with Crippen molar-refractivity contribution in [2.75, 3.05) is 5.32 Å². The fourth-order valence-electron chi connectivity index (χ4n) is 1.91. The molecule has 0 spiro atoms. The summed E-state index contributed by atoms with van der Waals surface area (Å²) in [5.74, 6) is 0. The molecular weight excluding hydrogens is 254 g/mol. The highest BCUT2D eigenvalue weighted by molar-refractivity contribution is 5.90. The van der Waals surface area contributed by atoms with Crippen LogP contribution in [0.25, 0.3) is 0 Å². The molecule has 6 heteroatoms. The Kier molecular flexibility index (Phi) is 3.28. The zero-order chi connectivity index (χ0) is 13.8. The van der Waals surface area contributed by atoms with Gasteiger partial charge in [0.25, 0.3) is 0 Å². The summed E-state index contributed by atoms with van der Waals surface area (Å²) in [5, 5.41) is 2.82. The number of amides is 1. The van der Waals surface area contributed by atoms with Crippen molar-refractivity contribution in [1.29, 1.82) is 0 Å². The molecular formula is C14H13N5O. The fourth-order valence-corrected chi connectivity index (χ4v) is 1.91. The van der Waals surface area contributed by atoms with Gasteiger partial charge < -0.3 is 9.88 Å². The quantitative estimate of drug-likeness (QED) is 0.791. The number of carbonyl (C=O) groups excluding carboxylic acids is 1. The third-order valence-electron chi connectivity index (χ3n) is 2.84. The van der Waals surface area contributed by atoms with Crippen LogP contribution >= 0.6 is 0 Å². The Balaban J connectivity index is 1.73. The second-order valence-corrected chi connectivity index (χ2v) is 4.34. The number of nitrogens with zero attached hydrogens (tertiary/aromatic N) is 4. The van der Waals surface area contributed by atoms with E-state index in [-0.39, 0.29) is 6.03 Å². The van der Waals surface area contributed by atoms with Gasteiger partial charge >= 0.3 is 6.03 Å². The summed E-state index contributed by atoms with van der Waals surface area (Å²) in [5.41, 5.74) is 1.84. The lowest BCUT2D eigenvalue weighted by Crippen LogP contribution is -2.17. The van der Waals surface area contributed by atoms with E-state index >= 15 is 0 Å². The zero-order valence-corrected chi connectivity index (χ0v) is 10.7. The zero-order valence-electron chi connectivity index (χ0n) is 10.7. The Hall–Kier alpha value is -2.89. The number of nitrogens with one attached hydrogen (secondary N) is 1. The van der Waals surface area contributed by atoms with E-state index in [9.17, 15) is 4.79 Å². The Morgan fingerprint density at radius 3 is 2.75 bits per heavy atom. The highest BCUT2D eigenvalue weighted by Crippen LogP contribution is 2.12. The first-order valence-electron chi connectivity index (χ1n) is 6.15. The Morgan fingerprint density at radius 1 is 1.15 bits per heavy atom. The summed E-state index contributed by atoms with van der Waals surface area (Å²) >= 11 is 0. The van der Waals surface area contributed by atoms with Gasteiger partial charge in [0.05, 0.1) is 6.33 Å². The van der Waals surface area contributed by atoms with Crippen LogP contribution in [0.4, 0.5) is 10.5 Å². The number of hydrogen-bond donors (Lipinski definition) is 1. The monoisotopic (exact) mass is 267 g/mol.